The lowest BCUT2D eigenvalue weighted by Gasteiger charge is -2.35. The standard InChI is InChI=1S/C10H13F2N3O4S/c1-14-8(2-4-13-14)20(18,19)15-5-3-7(9(16)17)10(11,12)6-15/h2,4,7H,3,5-6H2,1H3,(H,16,17). The Hall–Kier alpha value is -1.55. The molecule has 2 rings (SSSR count). The normalized spacial score (nSPS) is 23.6. The molecule has 1 unspecified atom stereocenters. The van der Waals surface area contributed by atoms with E-state index in [-0.39, 0.29) is 11.6 Å². The molecule has 1 aliphatic heterocycles. The first-order valence-corrected chi connectivity index (χ1v) is 7.19. The van der Waals surface area contributed by atoms with E-state index < -0.39 is 40.8 Å². The van der Waals surface area contributed by atoms with Gasteiger partial charge in [-0.1, -0.05) is 0 Å². The first-order valence-electron chi connectivity index (χ1n) is 5.75. The predicted molar refractivity (Wildman–Crippen MR) is 62.7 cm³/mol. The van der Waals surface area contributed by atoms with Crippen LogP contribution in [0.5, 0.6) is 0 Å². The Bertz CT molecular complexity index is 628. The molecule has 0 saturated carbocycles. The van der Waals surface area contributed by atoms with Crippen molar-refractivity contribution in [1.29, 1.82) is 0 Å². The second kappa shape index (κ2) is 4.77. The van der Waals surface area contributed by atoms with Crippen LogP contribution in [0.25, 0.3) is 0 Å². The highest BCUT2D eigenvalue weighted by molar-refractivity contribution is 7.89. The van der Waals surface area contributed by atoms with E-state index in [0.717, 1.165) is 4.68 Å². The minimum absolute atomic E-state index is 0.206. The smallest absolute Gasteiger partial charge is 0.312 e. The number of carboxylic acid groups (broad SMARTS) is 1. The number of halogens is 2. The van der Waals surface area contributed by atoms with E-state index in [0.29, 0.717) is 4.31 Å². The molecule has 1 aliphatic rings. The molecule has 1 fully saturated rings. The molecular weight excluding hydrogens is 296 g/mol. The van der Waals surface area contributed by atoms with Crippen LogP contribution in [-0.2, 0) is 21.9 Å². The number of aliphatic carboxylic acids is 1. The Morgan fingerprint density at radius 1 is 1.55 bits per heavy atom. The van der Waals surface area contributed by atoms with E-state index in [9.17, 15) is 22.0 Å². The van der Waals surface area contributed by atoms with Gasteiger partial charge in [-0.2, -0.15) is 9.40 Å². The molecule has 2 heterocycles. The Morgan fingerprint density at radius 3 is 2.65 bits per heavy atom. The molecule has 7 nitrogen and oxygen atoms in total. The maximum absolute atomic E-state index is 13.7. The van der Waals surface area contributed by atoms with Crippen LogP contribution >= 0.6 is 0 Å². The van der Waals surface area contributed by atoms with Crippen molar-refractivity contribution in [3.63, 3.8) is 0 Å². The zero-order valence-corrected chi connectivity index (χ0v) is 11.3. The topological polar surface area (TPSA) is 92.5 Å². The van der Waals surface area contributed by atoms with Crippen molar-refractivity contribution in [3.05, 3.63) is 12.3 Å². The number of sulfonamides is 1. The average molecular weight is 309 g/mol. The van der Waals surface area contributed by atoms with Gasteiger partial charge in [0, 0.05) is 13.6 Å². The van der Waals surface area contributed by atoms with Gasteiger partial charge < -0.3 is 5.11 Å². The van der Waals surface area contributed by atoms with Gasteiger partial charge in [-0.25, -0.2) is 17.2 Å². The van der Waals surface area contributed by atoms with Gasteiger partial charge in [0.05, 0.1) is 12.7 Å². The average Bonchev–Trinajstić information content (AvgIpc) is 2.74. The molecule has 1 atom stereocenters. The van der Waals surface area contributed by atoms with Crippen molar-refractivity contribution in [2.75, 3.05) is 13.1 Å². The third kappa shape index (κ3) is 2.40. The number of aryl methyl sites for hydroxylation is 1. The molecule has 20 heavy (non-hydrogen) atoms. The summed E-state index contributed by atoms with van der Waals surface area (Å²) in [5, 5.41) is 12.2. The third-order valence-electron chi connectivity index (χ3n) is 3.24. The van der Waals surface area contributed by atoms with E-state index >= 15 is 0 Å². The van der Waals surface area contributed by atoms with Crippen LogP contribution in [0.4, 0.5) is 8.78 Å². The fraction of sp³-hybridized carbons (Fsp3) is 0.600. The summed E-state index contributed by atoms with van der Waals surface area (Å²) in [6.45, 7) is -1.41. The zero-order chi connectivity index (χ0) is 15.1. The lowest BCUT2D eigenvalue weighted by molar-refractivity contribution is -0.163. The number of carbonyl (C=O) groups is 1. The van der Waals surface area contributed by atoms with E-state index in [1.165, 1.54) is 19.3 Å². The van der Waals surface area contributed by atoms with Crippen molar-refractivity contribution in [2.45, 2.75) is 17.4 Å². The fourth-order valence-electron chi connectivity index (χ4n) is 2.16. The van der Waals surface area contributed by atoms with Gasteiger partial charge in [0.15, 0.2) is 5.03 Å². The van der Waals surface area contributed by atoms with Crippen molar-refractivity contribution in [3.8, 4) is 0 Å². The molecule has 0 bridgehead atoms. The van der Waals surface area contributed by atoms with Crippen molar-refractivity contribution in [1.82, 2.24) is 14.1 Å². The second-order valence-electron chi connectivity index (χ2n) is 4.57. The lowest BCUT2D eigenvalue weighted by atomic mass is 9.94. The van der Waals surface area contributed by atoms with E-state index in [4.69, 9.17) is 5.11 Å². The van der Waals surface area contributed by atoms with Crippen LogP contribution in [0.15, 0.2) is 17.3 Å². The van der Waals surface area contributed by atoms with Gasteiger partial charge in [-0.15, -0.1) is 0 Å². The molecule has 10 heteroatoms. The summed E-state index contributed by atoms with van der Waals surface area (Å²) in [4.78, 5) is 10.7. The fourth-order valence-corrected chi connectivity index (χ4v) is 3.73. The van der Waals surface area contributed by atoms with Gasteiger partial charge in [0.25, 0.3) is 15.9 Å². The third-order valence-corrected chi connectivity index (χ3v) is 5.16. The predicted octanol–water partition coefficient (Wildman–Crippen LogP) is 0.151. The molecule has 0 radical (unpaired) electrons. The minimum atomic E-state index is -4.11. The summed E-state index contributed by atoms with van der Waals surface area (Å²) in [6.07, 6.45) is 0.814. The largest absolute Gasteiger partial charge is 0.481 e. The van der Waals surface area contributed by atoms with Crippen LogP contribution in [0.1, 0.15) is 6.42 Å². The van der Waals surface area contributed by atoms with E-state index in [1.807, 2.05) is 0 Å². The van der Waals surface area contributed by atoms with E-state index in [2.05, 4.69) is 5.10 Å². The number of aromatic nitrogens is 2. The number of piperidine rings is 1. The summed E-state index contributed by atoms with van der Waals surface area (Å²) in [5.74, 6) is -7.08. The number of nitrogens with zero attached hydrogens (tertiary/aromatic N) is 3. The molecule has 0 aliphatic carbocycles. The Kier molecular flexibility index (Phi) is 3.54. The van der Waals surface area contributed by atoms with Crippen molar-refractivity contribution < 1.29 is 27.1 Å². The van der Waals surface area contributed by atoms with Gasteiger partial charge in [0.2, 0.25) is 0 Å². The Balaban J connectivity index is 2.29. The molecule has 1 aromatic rings. The molecule has 1 aromatic heterocycles. The number of hydrogen-bond acceptors (Lipinski definition) is 4. The maximum atomic E-state index is 13.7. The van der Waals surface area contributed by atoms with Crippen LogP contribution in [0, 0.1) is 5.92 Å². The summed E-state index contributed by atoms with van der Waals surface area (Å²) < 4.78 is 53.6. The van der Waals surface area contributed by atoms with Gasteiger partial charge in [-0.3, -0.25) is 9.48 Å². The molecule has 0 spiro atoms. The van der Waals surface area contributed by atoms with Crippen molar-refractivity contribution >= 4 is 16.0 Å². The first-order chi connectivity index (χ1) is 9.16. The van der Waals surface area contributed by atoms with Crippen LogP contribution in [0.2, 0.25) is 0 Å². The molecular formula is C10H13F2N3O4S. The van der Waals surface area contributed by atoms with Gasteiger partial charge in [-0.05, 0) is 12.5 Å². The highest BCUT2D eigenvalue weighted by Crippen LogP contribution is 2.35. The monoisotopic (exact) mass is 309 g/mol. The summed E-state index contributed by atoms with van der Waals surface area (Å²) in [5.41, 5.74) is 0. The Morgan fingerprint density at radius 2 is 2.20 bits per heavy atom. The quantitative estimate of drug-likeness (QED) is 0.858. The number of rotatable bonds is 3. The Labute approximate surface area is 113 Å². The number of carboxylic acids is 1. The molecule has 0 aromatic carbocycles. The van der Waals surface area contributed by atoms with E-state index in [1.54, 1.807) is 0 Å². The second-order valence-corrected chi connectivity index (χ2v) is 6.46. The molecule has 1 saturated heterocycles. The van der Waals surface area contributed by atoms with Gasteiger partial charge >= 0.3 is 5.97 Å². The lowest BCUT2D eigenvalue weighted by Crippen LogP contribution is -2.53. The summed E-state index contributed by atoms with van der Waals surface area (Å²) in [7, 11) is -2.72. The molecule has 0 amide bonds. The van der Waals surface area contributed by atoms with Crippen LogP contribution < -0.4 is 0 Å². The maximum Gasteiger partial charge on any atom is 0.312 e. The highest BCUT2D eigenvalue weighted by Gasteiger charge is 2.51. The summed E-state index contributed by atoms with van der Waals surface area (Å²) >= 11 is 0. The minimum Gasteiger partial charge on any atom is -0.481 e. The highest BCUT2D eigenvalue weighted by atomic mass is 32.2. The van der Waals surface area contributed by atoms with Crippen LogP contribution in [-0.4, -0.2) is 52.6 Å². The zero-order valence-electron chi connectivity index (χ0n) is 10.5. The first kappa shape index (κ1) is 14.9. The van der Waals surface area contributed by atoms with Gasteiger partial charge in [0.1, 0.15) is 5.92 Å². The number of alkyl halides is 2. The molecule has 112 valence electrons. The van der Waals surface area contributed by atoms with Crippen LogP contribution in [0.3, 0.4) is 0 Å². The number of hydrogen-bond donors (Lipinski definition) is 1. The molecule has 1 N–H and O–H groups in total. The summed E-state index contributed by atoms with van der Waals surface area (Å²) in [6, 6.07) is 1.21. The van der Waals surface area contributed by atoms with Crippen molar-refractivity contribution in [2.24, 2.45) is 13.0 Å². The SMILES string of the molecule is Cn1nccc1S(=O)(=O)N1CCC(C(=O)O)C(F)(F)C1.